The molecule has 0 aliphatic carbocycles. The van der Waals surface area contributed by atoms with Crippen molar-refractivity contribution in [1.29, 1.82) is 0 Å². The van der Waals surface area contributed by atoms with E-state index in [1.165, 1.54) is 10.1 Å². The lowest BCUT2D eigenvalue weighted by atomic mass is 10.0. The summed E-state index contributed by atoms with van der Waals surface area (Å²) in [6.07, 6.45) is 8.02. The molecule has 2 aromatic carbocycles. The molecule has 8 heteroatoms. The van der Waals surface area contributed by atoms with Gasteiger partial charge in [0.1, 0.15) is 5.15 Å². The number of nitrogens with one attached hydrogen (secondary N) is 1. The zero-order valence-corrected chi connectivity index (χ0v) is 23.2. The maximum absolute atomic E-state index is 12.9. The number of halogens is 1. The number of hydrogen-bond acceptors (Lipinski definition) is 5. The van der Waals surface area contributed by atoms with Crippen LogP contribution in [0.4, 0.5) is 0 Å². The van der Waals surface area contributed by atoms with Crippen molar-refractivity contribution in [2.75, 3.05) is 14.1 Å². The van der Waals surface area contributed by atoms with E-state index in [2.05, 4.69) is 64.5 Å². The van der Waals surface area contributed by atoms with Gasteiger partial charge in [-0.2, -0.15) is 5.10 Å². The Morgan fingerprint density at radius 2 is 1.85 bits per heavy atom. The molecule has 0 saturated carbocycles. The van der Waals surface area contributed by atoms with Crippen LogP contribution in [0.25, 0.3) is 28.2 Å². The third-order valence-electron chi connectivity index (χ3n) is 6.62. The SMILES string of the molecule is CN(C)Cc1ccc(-c2n[nH]c3cc(/C=C/CCC(=O)c4cccn(Cc5ccc(Cl)nc5)c4=O)ccc23)cc1. The summed E-state index contributed by atoms with van der Waals surface area (Å²) in [5, 5.41) is 9.14. The number of Topliss-reactive ketones (excluding diaryl/α,β-unsaturated/α-hetero) is 1. The molecule has 0 unspecified atom stereocenters. The summed E-state index contributed by atoms with van der Waals surface area (Å²) in [5.41, 5.74) is 5.93. The summed E-state index contributed by atoms with van der Waals surface area (Å²) in [6.45, 7) is 1.22. The van der Waals surface area contributed by atoms with Crippen LogP contribution >= 0.6 is 11.6 Å². The first kappa shape index (κ1) is 27.2. The molecule has 40 heavy (non-hydrogen) atoms. The van der Waals surface area contributed by atoms with E-state index in [1.54, 1.807) is 30.6 Å². The molecule has 0 bridgehead atoms. The van der Waals surface area contributed by atoms with Crippen LogP contribution in [0.2, 0.25) is 5.15 Å². The lowest BCUT2D eigenvalue weighted by molar-refractivity contribution is 0.0981. The zero-order valence-electron chi connectivity index (χ0n) is 22.5. The number of aromatic nitrogens is 4. The van der Waals surface area contributed by atoms with E-state index < -0.39 is 0 Å². The fourth-order valence-corrected chi connectivity index (χ4v) is 4.74. The zero-order chi connectivity index (χ0) is 28.1. The molecular formula is C32H30ClN5O2. The van der Waals surface area contributed by atoms with Gasteiger partial charge in [-0.25, -0.2) is 4.98 Å². The Bertz CT molecular complexity index is 1720. The lowest BCUT2D eigenvalue weighted by Crippen LogP contribution is -2.26. The fourth-order valence-electron chi connectivity index (χ4n) is 4.63. The highest BCUT2D eigenvalue weighted by molar-refractivity contribution is 6.29. The molecule has 1 N–H and O–H groups in total. The quantitative estimate of drug-likeness (QED) is 0.164. The van der Waals surface area contributed by atoms with Crippen LogP contribution in [-0.4, -0.2) is 44.5 Å². The number of rotatable bonds is 10. The number of aromatic amines is 1. The van der Waals surface area contributed by atoms with Gasteiger partial charge in [-0.1, -0.05) is 60.2 Å². The average molecular weight is 552 g/mol. The number of H-pyrrole nitrogens is 1. The summed E-state index contributed by atoms with van der Waals surface area (Å²) in [6, 6.07) is 21.4. The van der Waals surface area contributed by atoms with Crippen LogP contribution in [0.1, 0.15) is 39.9 Å². The molecule has 5 aromatic rings. The minimum atomic E-state index is -0.306. The molecule has 0 radical (unpaired) electrons. The van der Waals surface area contributed by atoms with Crippen molar-refractivity contribution < 1.29 is 4.79 Å². The first-order chi connectivity index (χ1) is 19.4. The number of pyridine rings is 2. The largest absolute Gasteiger partial charge is 0.310 e. The van der Waals surface area contributed by atoms with Gasteiger partial charge in [0.15, 0.2) is 5.78 Å². The standard InChI is InChI=1S/C32H30ClN5O2/c1-37(2)20-23-9-13-25(14-10-23)31-26-15-11-22(18-28(26)35-36-31)6-3-4-8-29(39)27-7-5-17-38(32(27)40)21-24-12-16-30(33)34-19-24/h3,5-7,9-19H,4,8,20-21H2,1-2H3,(H,35,36)/b6-3+. The molecule has 0 amide bonds. The second-order valence-electron chi connectivity index (χ2n) is 10.0. The second-order valence-corrected chi connectivity index (χ2v) is 10.4. The van der Waals surface area contributed by atoms with Gasteiger partial charge in [0.25, 0.3) is 5.56 Å². The Labute approximate surface area is 237 Å². The summed E-state index contributed by atoms with van der Waals surface area (Å²) >= 11 is 5.84. The van der Waals surface area contributed by atoms with Gasteiger partial charge >= 0.3 is 0 Å². The van der Waals surface area contributed by atoms with Gasteiger partial charge in [-0.15, -0.1) is 0 Å². The van der Waals surface area contributed by atoms with Gasteiger partial charge in [-0.05, 0) is 67.5 Å². The van der Waals surface area contributed by atoms with Gasteiger partial charge in [0.2, 0.25) is 0 Å². The minimum Gasteiger partial charge on any atom is -0.310 e. The fraction of sp³-hybridized carbons (Fsp3) is 0.188. The van der Waals surface area contributed by atoms with Crippen molar-refractivity contribution in [3.8, 4) is 11.3 Å². The predicted molar refractivity (Wildman–Crippen MR) is 161 cm³/mol. The molecule has 0 atom stereocenters. The number of benzene rings is 2. The topological polar surface area (TPSA) is 83.9 Å². The van der Waals surface area contributed by atoms with E-state index in [1.807, 2.05) is 30.4 Å². The molecule has 0 saturated heterocycles. The summed E-state index contributed by atoms with van der Waals surface area (Å²) in [7, 11) is 4.12. The Hall–Kier alpha value is -4.33. The summed E-state index contributed by atoms with van der Waals surface area (Å²) in [5.74, 6) is -0.177. The molecule has 0 fully saturated rings. The van der Waals surface area contributed by atoms with Crippen molar-refractivity contribution in [3.63, 3.8) is 0 Å². The predicted octanol–water partition coefficient (Wildman–Crippen LogP) is 6.23. The number of carbonyl (C=O) groups is 1. The van der Waals surface area contributed by atoms with Gasteiger partial charge in [-0.3, -0.25) is 14.7 Å². The van der Waals surface area contributed by atoms with Crippen LogP contribution in [0.3, 0.4) is 0 Å². The monoisotopic (exact) mass is 551 g/mol. The Morgan fingerprint density at radius 1 is 1.05 bits per heavy atom. The molecule has 202 valence electrons. The summed E-state index contributed by atoms with van der Waals surface area (Å²) in [4.78, 5) is 31.9. The van der Waals surface area contributed by atoms with Crippen LogP contribution in [0, 0.1) is 0 Å². The van der Waals surface area contributed by atoms with E-state index in [0.29, 0.717) is 18.1 Å². The van der Waals surface area contributed by atoms with E-state index in [9.17, 15) is 9.59 Å². The molecule has 0 spiro atoms. The average Bonchev–Trinajstić information content (AvgIpc) is 3.37. The Kier molecular flexibility index (Phi) is 8.34. The second kappa shape index (κ2) is 12.2. The van der Waals surface area contributed by atoms with E-state index in [-0.39, 0.29) is 23.3 Å². The highest BCUT2D eigenvalue weighted by atomic mass is 35.5. The maximum Gasteiger partial charge on any atom is 0.261 e. The van der Waals surface area contributed by atoms with E-state index in [0.717, 1.165) is 39.8 Å². The lowest BCUT2D eigenvalue weighted by Gasteiger charge is -2.09. The normalized spacial score (nSPS) is 11.6. The minimum absolute atomic E-state index is 0.177. The van der Waals surface area contributed by atoms with Gasteiger partial charge in [0.05, 0.1) is 23.3 Å². The highest BCUT2D eigenvalue weighted by Gasteiger charge is 2.12. The van der Waals surface area contributed by atoms with Crippen molar-refractivity contribution in [2.24, 2.45) is 0 Å². The molecule has 5 rings (SSSR count). The van der Waals surface area contributed by atoms with E-state index in [4.69, 9.17) is 11.6 Å². The highest BCUT2D eigenvalue weighted by Crippen LogP contribution is 2.27. The van der Waals surface area contributed by atoms with Gasteiger partial charge in [0, 0.05) is 36.3 Å². The summed E-state index contributed by atoms with van der Waals surface area (Å²) < 4.78 is 1.51. The van der Waals surface area contributed by atoms with Gasteiger partial charge < -0.3 is 9.47 Å². The molecule has 3 heterocycles. The Balaban J connectivity index is 1.21. The number of hydrogen-bond donors (Lipinski definition) is 1. The van der Waals surface area contributed by atoms with Crippen molar-refractivity contribution in [2.45, 2.75) is 25.9 Å². The maximum atomic E-state index is 12.9. The van der Waals surface area contributed by atoms with Crippen LogP contribution in [0.5, 0.6) is 0 Å². The molecule has 3 aromatic heterocycles. The number of allylic oxidation sites excluding steroid dienone is 1. The smallest absolute Gasteiger partial charge is 0.261 e. The molecular weight excluding hydrogens is 522 g/mol. The number of nitrogens with zero attached hydrogens (tertiary/aromatic N) is 4. The number of ketones is 1. The van der Waals surface area contributed by atoms with Crippen molar-refractivity contribution in [1.82, 2.24) is 24.6 Å². The van der Waals surface area contributed by atoms with Crippen molar-refractivity contribution >= 4 is 34.4 Å². The first-order valence-electron chi connectivity index (χ1n) is 13.1. The van der Waals surface area contributed by atoms with E-state index >= 15 is 0 Å². The number of fused-ring (bicyclic) bond motifs is 1. The molecule has 0 aliphatic rings. The number of carbonyl (C=O) groups excluding carboxylic acids is 1. The third-order valence-corrected chi connectivity index (χ3v) is 6.85. The Morgan fingerprint density at radius 3 is 2.60 bits per heavy atom. The van der Waals surface area contributed by atoms with Crippen molar-refractivity contribution in [3.05, 3.63) is 123 Å². The molecule has 0 aliphatic heterocycles. The van der Waals surface area contributed by atoms with Crippen LogP contribution in [0.15, 0.2) is 90.0 Å². The molecule has 7 nitrogen and oxygen atoms in total. The third kappa shape index (κ3) is 6.45. The van der Waals surface area contributed by atoms with Crippen LogP contribution in [-0.2, 0) is 13.1 Å². The first-order valence-corrected chi connectivity index (χ1v) is 13.5. The van der Waals surface area contributed by atoms with Crippen LogP contribution < -0.4 is 5.56 Å².